The largest absolute Gasteiger partial charge is 0.483 e. The van der Waals surface area contributed by atoms with Crippen LogP contribution in [0.5, 0.6) is 5.75 Å². The molecule has 2 aromatic carbocycles. The van der Waals surface area contributed by atoms with Crippen molar-refractivity contribution < 1.29 is 9.15 Å². The molecule has 2 heterocycles. The lowest BCUT2D eigenvalue weighted by molar-refractivity contribution is 0.159. The van der Waals surface area contributed by atoms with Crippen molar-refractivity contribution in [3.63, 3.8) is 0 Å². The second-order valence-corrected chi connectivity index (χ2v) is 5.91. The molecular weight excluding hydrogens is 260 g/mol. The van der Waals surface area contributed by atoms with Crippen LogP contribution >= 0.6 is 0 Å². The van der Waals surface area contributed by atoms with Gasteiger partial charge in [0.05, 0.1) is 11.8 Å². The quantitative estimate of drug-likeness (QED) is 0.603. The highest BCUT2D eigenvalue weighted by atomic mass is 16.5. The number of benzene rings is 2. The first-order valence-electron chi connectivity index (χ1n) is 7.12. The van der Waals surface area contributed by atoms with E-state index < -0.39 is 0 Å². The van der Waals surface area contributed by atoms with Crippen molar-refractivity contribution in [3.05, 3.63) is 60.4 Å². The van der Waals surface area contributed by atoms with Crippen LogP contribution in [0.25, 0.3) is 28.2 Å². The lowest BCUT2D eigenvalue weighted by Crippen LogP contribution is -2.27. The molecule has 0 aliphatic carbocycles. The molecule has 104 valence electrons. The fraction of sp³-hybridized carbons (Fsp3) is 0.158. The van der Waals surface area contributed by atoms with E-state index >= 15 is 0 Å². The molecule has 2 nitrogen and oxygen atoms in total. The summed E-state index contributed by atoms with van der Waals surface area (Å²) in [5.74, 6) is 0.879. The van der Waals surface area contributed by atoms with Gasteiger partial charge in [-0.25, -0.2) is 0 Å². The van der Waals surface area contributed by atoms with Crippen LogP contribution < -0.4 is 4.74 Å². The molecule has 0 amide bonds. The average Bonchev–Trinajstić information content (AvgIpc) is 2.91. The standard InChI is InChI=1S/C19H16O2/c1-19(2)11-10-15-17(21-19)9-8-14-16(12-20-18(14)15)13-6-4-3-5-7-13/h3-12H,1-2H3. The molecule has 0 bridgehead atoms. The van der Waals surface area contributed by atoms with Crippen molar-refractivity contribution in [1.29, 1.82) is 0 Å². The van der Waals surface area contributed by atoms with E-state index in [1.807, 2.05) is 44.4 Å². The molecule has 1 aliphatic heterocycles. The molecule has 0 radical (unpaired) electrons. The molecule has 0 N–H and O–H groups in total. The highest BCUT2D eigenvalue weighted by Crippen LogP contribution is 2.40. The van der Waals surface area contributed by atoms with Crippen LogP contribution in [0.4, 0.5) is 0 Å². The molecule has 0 fully saturated rings. The number of hydrogen-bond acceptors (Lipinski definition) is 2. The van der Waals surface area contributed by atoms with Crippen molar-refractivity contribution in [2.75, 3.05) is 0 Å². The van der Waals surface area contributed by atoms with Gasteiger partial charge in [0.25, 0.3) is 0 Å². The molecule has 0 saturated heterocycles. The molecule has 0 unspecified atom stereocenters. The summed E-state index contributed by atoms with van der Waals surface area (Å²) >= 11 is 0. The van der Waals surface area contributed by atoms with E-state index in [0.29, 0.717) is 0 Å². The van der Waals surface area contributed by atoms with E-state index in [-0.39, 0.29) is 5.60 Å². The van der Waals surface area contributed by atoms with Crippen LogP contribution in [0.1, 0.15) is 19.4 Å². The highest BCUT2D eigenvalue weighted by molar-refractivity contribution is 5.99. The molecule has 0 atom stereocenters. The summed E-state index contributed by atoms with van der Waals surface area (Å²) in [6.07, 6.45) is 5.99. The smallest absolute Gasteiger partial charge is 0.145 e. The average molecular weight is 276 g/mol. The van der Waals surface area contributed by atoms with Crippen LogP contribution in [0.3, 0.4) is 0 Å². The van der Waals surface area contributed by atoms with Gasteiger partial charge >= 0.3 is 0 Å². The number of hydrogen-bond donors (Lipinski definition) is 0. The van der Waals surface area contributed by atoms with E-state index in [4.69, 9.17) is 9.15 Å². The molecule has 0 spiro atoms. The molecule has 3 aromatic rings. The van der Waals surface area contributed by atoms with E-state index in [9.17, 15) is 0 Å². The maximum absolute atomic E-state index is 6.00. The Morgan fingerprint density at radius 1 is 0.952 bits per heavy atom. The van der Waals surface area contributed by atoms with Crippen molar-refractivity contribution >= 4 is 17.0 Å². The van der Waals surface area contributed by atoms with Gasteiger partial charge in [0, 0.05) is 10.9 Å². The predicted octanol–water partition coefficient (Wildman–Crippen LogP) is 5.28. The van der Waals surface area contributed by atoms with E-state index in [1.54, 1.807) is 0 Å². The summed E-state index contributed by atoms with van der Waals surface area (Å²) in [6.45, 7) is 4.10. The minimum absolute atomic E-state index is 0.268. The number of rotatable bonds is 1. The zero-order valence-corrected chi connectivity index (χ0v) is 12.1. The third kappa shape index (κ3) is 1.95. The molecule has 1 aromatic heterocycles. The monoisotopic (exact) mass is 276 g/mol. The maximum Gasteiger partial charge on any atom is 0.145 e. The zero-order valence-electron chi connectivity index (χ0n) is 12.1. The Morgan fingerprint density at radius 3 is 2.57 bits per heavy atom. The fourth-order valence-electron chi connectivity index (χ4n) is 2.79. The van der Waals surface area contributed by atoms with Gasteiger partial charge in [0.2, 0.25) is 0 Å². The first-order valence-corrected chi connectivity index (χ1v) is 7.12. The summed E-state index contributed by atoms with van der Waals surface area (Å²) in [4.78, 5) is 0. The van der Waals surface area contributed by atoms with E-state index in [2.05, 4.69) is 30.4 Å². The van der Waals surface area contributed by atoms with Gasteiger partial charge < -0.3 is 9.15 Å². The summed E-state index contributed by atoms with van der Waals surface area (Å²) in [7, 11) is 0. The Balaban J connectivity index is 1.93. The Bertz CT molecular complexity index is 839. The Hall–Kier alpha value is -2.48. The number of fused-ring (bicyclic) bond motifs is 3. The van der Waals surface area contributed by atoms with Crippen molar-refractivity contribution in [1.82, 2.24) is 0 Å². The normalized spacial score (nSPS) is 15.7. The summed E-state index contributed by atoms with van der Waals surface area (Å²) in [5.41, 5.74) is 3.92. The van der Waals surface area contributed by atoms with E-state index in [1.165, 1.54) is 0 Å². The lowest BCUT2D eigenvalue weighted by Gasteiger charge is -2.27. The third-order valence-corrected chi connectivity index (χ3v) is 3.85. The Labute approximate surface area is 123 Å². The Kier molecular flexibility index (Phi) is 2.49. The van der Waals surface area contributed by atoms with Crippen LogP contribution in [0.15, 0.2) is 59.2 Å². The molecule has 0 saturated carbocycles. The lowest BCUT2D eigenvalue weighted by atomic mass is 9.98. The van der Waals surface area contributed by atoms with E-state index in [0.717, 1.165) is 33.4 Å². The van der Waals surface area contributed by atoms with Crippen molar-refractivity contribution in [2.24, 2.45) is 0 Å². The molecule has 1 aliphatic rings. The van der Waals surface area contributed by atoms with Crippen LogP contribution in [-0.4, -0.2) is 5.60 Å². The number of furan rings is 1. The van der Waals surface area contributed by atoms with Gasteiger partial charge in [-0.2, -0.15) is 0 Å². The zero-order chi connectivity index (χ0) is 14.4. The minimum atomic E-state index is -0.268. The van der Waals surface area contributed by atoms with Gasteiger partial charge in [-0.1, -0.05) is 30.3 Å². The second-order valence-electron chi connectivity index (χ2n) is 5.91. The SMILES string of the molecule is CC1(C)C=Cc2c(ccc3c(-c4ccccc4)coc23)O1. The van der Waals surface area contributed by atoms with Crippen LogP contribution in [0, 0.1) is 0 Å². The molecule has 4 rings (SSSR count). The van der Waals surface area contributed by atoms with Gasteiger partial charge in [0.15, 0.2) is 0 Å². The third-order valence-electron chi connectivity index (χ3n) is 3.85. The second kappa shape index (κ2) is 4.26. The predicted molar refractivity (Wildman–Crippen MR) is 85.4 cm³/mol. The summed E-state index contributed by atoms with van der Waals surface area (Å²) in [5, 5.41) is 1.12. The van der Waals surface area contributed by atoms with Crippen molar-refractivity contribution in [2.45, 2.75) is 19.4 Å². The molecule has 21 heavy (non-hydrogen) atoms. The first-order chi connectivity index (χ1) is 10.1. The summed E-state index contributed by atoms with van der Waals surface area (Å²) < 4.78 is 11.8. The van der Waals surface area contributed by atoms with Gasteiger partial charge in [-0.15, -0.1) is 0 Å². The van der Waals surface area contributed by atoms with Crippen LogP contribution in [-0.2, 0) is 0 Å². The maximum atomic E-state index is 6.00. The van der Waals surface area contributed by atoms with Crippen LogP contribution in [0.2, 0.25) is 0 Å². The highest BCUT2D eigenvalue weighted by Gasteiger charge is 2.24. The molecule has 2 heteroatoms. The van der Waals surface area contributed by atoms with Crippen molar-refractivity contribution in [3.8, 4) is 16.9 Å². The Morgan fingerprint density at radius 2 is 1.76 bits per heavy atom. The topological polar surface area (TPSA) is 22.4 Å². The van der Waals surface area contributed by atoms with Gasteiger partial charge in [0.1, 0.15) is 16.9 Å². The van der Waals surface area contributed by atoms with Gasteiger partial charge in [-0.3, -0.25) is 0 Å². The fourth-order valence-corrected chi connectivity index (χ4v) is 2.79. The minimum Gasteiger partial charge on any atom is -0.483 e. The summed E-state index contributed by atoms with van der Waals surface area (Å²) in [6, 6.07) is 14.4. The molecular formula is C19H16O2. The first kappa shape index (κ1) is 12.3. The van der Waals surface area contributed by atoms with Gasteiger partial charge in [-0.05, 0) is 43.7 Å². The number of ether oxygens (including phenoxy) is 1.